The van der Waals surface area contributed by atoms with Gasteiger partial charge in [0.1, 0.15) is 31.0 Å². The van der Waals surface area contributed by atoms with Gasteiger partial charge in [0.15, 0.2) is 12.4 Å². The first-order valence-corrected chi connectivity index (χ1v) is 22.3. The van der Waals surface area contributed by atoms with Gasteiger partial charge in [0.25, 0.3) is 0 Å². The van der Waals surface area contributed by atoms with Crippen LogP contribution in [-0.4, -0.2) is 89.0 Å². The van der Waals surface area contributed by atoms with Crippen LogP contribution in [0.15, 0.2) is 97.2 Å². The lowest BCUT2D eigenvalue weighted by Gasteiger charge is -2.39. The molecule has 1 saturated heterocycles. The van der Waals surface area contributed by atoms with E-state index in [1.54, 1.807) is 0 Å². The molecule has 10 nitrogen and oxygen atoms in total. The molecule has 6 atom stereocenters. The number of unbranched alkanes of at least 4 members (excludes halogenated alkanes) is 8. The number of aliphatic hydroxyl groups excluding tert-OH is 4. The van der Waals surface area contributed by atoms with Gasteiger partial charge < -0.3 is 39.4 Å². The molecule has 0 saturated carbocycles. The lowest BCUT2D eigenvalue weighted by Crippen LogP contribution is -2.59. The second-order valence-corrected chi connectivity index (χ2v) is 14.7. The number of esters is 2. The molecule has 0 aliphatic carbocycles. The number of hydrogen-bond acceptors (Lipinski definition) is 10. The Morgan fingerprint density at radius 3 is 1.49 bits per heavy atom. The molecule has 0 amide bonds. The van der Waals surface area contributed by atoms with Gasteiger partial charge in [-0.1, -0.05) is 150 Å². The van der Waals surface area contributed by atoms with Crippen molar-refractivity contribution in [2.75, 3.05) is 19.8 Å². The second-order valence-electron chi connectivity index (χ2n) is 14.7. The SMILES string of the molecule is CC/C=C\C/C=C\C/C=C\C/C=C\CCCCCCCCCCC(=O)OC(COC(=O)CC/C=C\C/C=C\C/C=C\C/C=C\CC)COC1OC(CO)C(O)C(O)C1O. The van der Waals surface area contributed by atoms with Crippen LogP contribution < -0.4 is 0 Å². The topological polar surface area (TPSA) is 152 Å². The molecule has 1 heterocycles. The number of carbonyl (C=O) groups excluding carboxylic acids is 2. The Morgan fingerprint density at radius 1 is 0.525 bits per heavy atom. The molecule has 1 rings (SSSR count). The standard InChI is InChI=1S/C49H78O10/c1-3-5-7-9-11-13-15-17-18-19-20-21-22-23-24-26-28-30-32-34-36-38-45(52)58-42(41-57-49-48(55)47(54)46(53)43(39-50)59-49)40-56-44(51)37-35-33-31-29-27-25-16-14-12-10-8-6-4-2/h5-8,11-14,17-18,20-21,25,27,31,33,42-43,46-50,53-55H,3-4,9-10,15-16,19,22-24,26,28-30,32,34-41H2,1-2H3/b7-5-,8-6-,13-11-,14-12-,18-17-,21-20-,27-25-,33-31-. The van der Waals surface area contributed by atoms with Crippen LogP contribution in [0, 0.1) is 0 Å². The molecule has 6 unspecified atom stereocenters. The highest BCUT2D eigenvalue weighted by molar-refractivity contribution is 5.70. The van der Waals surface area contributed by atoms with Crippen LogP contribution in [0.5, 0.6) is 0 Å². The summed E-state index contributed by atoms with van der Waals surface area (Å²) in [5.41, 5.74) is 0. The Hall–Kier alpha value is -3.38. The highest BCUT2D eigenvalue weighted by Gasteiger charge is 2.44. The van der Waals surface area contributed by atoms with Gasteiger partial charge in [0.2, 0.25) is 0 Å². The van der Waals surface area contributed by atoms with E-state index in [1.807, 2.05) is 12.2 Å². The van der Waals surface area contributed by atoms with Gasteiger partial charge >= 0.3 is 11.9 Å². The average molecular weight is 827 g/mol. The number of carbonyl (C=O) groups is 2. The van der Waals surface area contributed by atoms with Crippen molar-refractivity contribution in [3.05, 3.63) is 97.2 Å². The fourth-order valence-corrected chi connectivity index (χ4v) is 6.01. The van der Waals surface area contributed by atoms with Crippen LogP contribution in [0.25, 0.3) is 0 Å². The van der Waals surface area contributed by atoms with E-state index in [0.717, 1.165) is 77.0 Å². The van der Waals surface area contributed by atoms with Crippen molar-refractivity contribution in [3.8, 4) is 0 Å². The summed E-state index contributed by atoms with van der Waals surface area (Å²) in [4.78, 5) is 25.3. The monoisotopic (exact) mass is 827 g/mol. The van der Waals surface area contributed by atoms with E-state index < -0.39 is 55.4 Å². The number of hydrogen-bond donors (Lipinski definition) is 4. The maximum absolute atomic E-state index is 12.8. The second kappa shape index (κ2) is 38.8. The van der Waals surface area contributed by atoms with Crippen molar-refractivity contribution < 1.29 is 49.0 Å². The summed E-state index contributed by atoms with van der Waals surface area (Å²) in [6.45, 7) is 3.09. The third kappa shape index (κ3) is 30.3. The normalized spacial score (nSPS) is 20.9. The number of ether oxygens (including phenoxy) is 4. The Morgan fingerprint density at radius 2 is 0.983 bits per heavy atom. The third-order valence-corrected chi connectivity index (χ3v) is 9.48. The van der Waals surface area contributed by atoms with Crippen molar-refractivity contribution in [2.45, 2.75) is 179 Å². The molecular formula is C49H78O10. The van der Waals surface area contributed by atoms with Crippen LogP contribution in [0.3, 0.4) is 0 Å². The molecule has 0 aromatic carbocycles. The van der Waals surface area contributed by atoms with Crippen molar-refractivity contribution in [3.63, 3.8) is 0 Å². The van der Waals surface area contributed by atoms with Crippen LogP contribution in [-0.2, 0) is 28.5 Å². The zero-order valence-electron chi connectivity index (χ0n) is 36.2. The van der Waals surface area contributed by atoms with Crippen LogP contribution in [0.4, 0.5) is 0 Å². The Kier molecular flexibility index (Phi) is 35.3. The van der Waals surface area contributed by atoms with Gasteiger partial charge in [0.05, 0.1) is 13.2 Å². The Labute approximate surface area is 356 Å². The molecule has 0 radical (unpaired) electrons. The van der Waals surface area contributed by atoms with Crippen molar-refractivity contribution in [2.24, 2.45) is 0 Å². The molecule has 0 aromatic rings. The van der Waals surface area contributed by atoms with Gasteiger partial charge in [-0.3, -0.25) is 9.59 Å². The molecule has 0 spiro atoms. The fourth-order valence-electron chi connectivity index (χ4n) is 6.01. The van der Waals surface area contributed by atoms with E-state index in [4.69, 9.17) is 18.9 Å². The Balaban J connectivity index is 2.36. The molecule has 334 valence electrons. The minimum absolute atomic E-state index is 0.147. The lowest BCUT2D eigenvalue weighted by molar-refractivity contribution is -0.305. The Bertz CT molecular complexity index is 1280. The van der Waals surface area contributed by atoms with Crippen LogP contribution in [0.1, 0.15) is 142 Å². The van der Waals surface area contributed by atoms with E-state index in [2.05, 4.69) is 98.9 Å². The highest BCUT2D eigenvalue weighted by atomic mass is 16.7. The molecule has 1 aliphatic rings. The van der Waals surface area contributed by atoms with Crippen molar-refractivity contribution in [1.29, 1.82) is 0 Å². The van der Waals surface area contributed by atoms with Crippen molar-refractivity contribution in [1.82, 2.24) is 0 Å². The molecule has 4 N–H and O–H groups in total. The van der Waals surface area contributed by atoms with Gasteiger partial charge in [-0.2, -0.15) is 0 Å². The third-order valence-electron chi connectivity index (χ3n) is 9.48. The summed E-state index contributed by atoms with van der Waals surface area (Å²) in [7, 11) is 0. The van der Waals surface area contributed by atoms with Gasteiger partial charge in [-0.15, -0.1) is 0 Å². The minimum atomic E-state index is -1.61. The summed E-state index contributed by atoms with van der Waals surface area (Å²) in [5, 5.41) is 40.1. The molecule has 59 heavy (non-hydrogen) atoms. The summed E-state index contributed by atoms with van der Waals surface area (Å²) in [6.07, 6.45) is 44.3. The summed E-state index contributed by atoms with van der Waals surface area (Å²) >= 11 is 0. The molecule has 0 bridgehead atoms. The zero-order chi connectivity index (χ0) is 43.0. The smallest absolute Gasteiger partial charge is 0.306 e. The summed E-state index contributed by atoms with van der Waals surface area (Å²) < 4.78 is 22.1. The molecule has 10 heteroatoms. The predicted octanol–water partition coefficient (Wildman–Crippen LogP) is 9.55. The van der Waals surface area contributed by atoms with E-state index in [-0.39, 0.29) is 26.1 Å². The van der Waals surface area contributed by atoms with Gasteiger partial charge in [-0.05, 0) is 77.0 Å². The fraction of sp³-hybridized carbons (Fsp3) is 0.633. The maximum Gasteiger partial charge on any atom is 0.306 e. The van der Waals surface area contributed by atoms with Crippen molar-refractivity contribution >= 4 is 11.9 Å². The first-order chi connectivity index (χ1) is 28.8. The molecular weight excluding hydrogens is 749 g/mol. The van der Waals surface area contributed by atoms with E-state index in [0.29, 0.717) is 12.8 Å². The quantitative estimate of drug-likeness (QED) is 0.0276. The van der Waals surface area contributed by atoms with E-state index in [9.17, 15) is 30.0 Å². The van der Waals surface area contributed by atoms with Crippen LogP contribution in [0.2, 0.25) is 0 Å². The molecule has 0 aromatic heterocycles. The molecule has 1 fully saturated rings. The molecule has 1 aliphatic heterocycles. The van der Waals surface area contributed by atoms with E-state index >= 15 is 0 Å². The largest absolute Gasteiger partial charge is 0.462 e. The minimum Gasteiger partial charge on any atom is -0.462 e. The first kappa shape index (κ1) is 53.6. The lowest BCUT2D eigenvalue weighted by atomic mass is 9.99. The number of allylic oxidation sites excluding steroid dienone is 16. The summed E-state index contributed by atoms with van der Waals surface area (Å²) in [6, 6.07) is 0. The maximum atomic E-state index is 12.8. The number of rotatable bonds is 35. The average Bonchev–Trinajstić information content (AvgIpc) is 3.23. The predicted molar refractivity (Wildman–Crippen MR) is 237 cm³/mol. The van der Waals surface area contributed by atoms with Gasteiger partial charge in [-0.25, -0.2) is 0 Å². The number of aliphatic hydroxyl groups is 4. The van der Waals surface area contributed by atoms with Gasteiger partial charge in [0, 0.05) is 12.8 Å². The first-order valence-electron chi connectivity index (χ1n) is 22.3. The summed E-state index contributed by atoms with van der Waals surface area (Å²) in [5.74, 6) is -0.921. The van der Waals surface area contributed by atoms with E-state index in [1.165, 1.54) is 25.7 Å². The highest BCUT2D eigenvalue weighted by Crippen LogP contribution is 2.22. The van der Waals surface area contributed by atoms with Crippen LogP contribution >= 0.6 is 0 Å². The zero-order valence-corrected chi connectivity index (χ0v) is 36.2.